The van der Waals surface area contributed by atoms with Crippen molar-refractivity contribution in [2.75, 3.05) is 6.61 Å². The Bertz CT molecular complexity index is 633. The Morgan fingerprint density at radius 2 is 2.40 bits per heavy atom. The van der Waals surface area contributed by atoms with Gasteiger partial charge < -0.3 is 14.9 Å². The van der Waals surface area contributed by atoms with E-state index < -0.39 is 42.3 Å². The Hall–Kier alpha value is -2.13. The maximum Gasteiger partial charge on any atom is 0.330 e. The predicted molar refractivity (Wildman–Crippen MR) is 65.9 cm³/mol. The van der Waals surface area contributed by atoms with Crippen molar-refractivity contribution in [2.24, 2.45) is 5.11 Å². The van der Waals surface area contributed by atoms with Crippen LogP contribution < -0.4 is 11.2 Å². The minimum Gasteiger partial charge on any atom is -0.394 e. The molecule has 1 saturated heterocycles. The molecule has 3 N–H and O–H groups in total. The third-order valence-corrected chi connectivity index (χ3v) is 3.06. The number of H-pyrrole nitrogens is 1. The molecule has 0 saturated carbocycles. The zero-order valence-corrected chi connectivity index (χ0v) is 10.3. The number of ether oxygens (including phenoxy) is 1. The summed E-state index contributed by atoms with van der Waals surface area (Å²) in [6.45, 7) is -0.560. The van der Waals surface area contributed by atoms with E-state index in [-0.39, 0.29) is 6.42 Å². The largest absolute Gasteiger partial charge is 0.394 e. The van der Waals surface area contributed by atoms with Gasteiger partial charge in [-0.1, -0.05) is 5.11 Å². The molecular formula is C10H13N5O5. The third kappa shape index (κ3) is 2.73. The van der Waals surface area contributed by atoms with Crippen LogP contribution in [-0.4, -0.2) is 44.6 Å². The lowest BCUT2D eigenvalue weighted by Gasteiger charge is -2.19. The predicted octanol–water partition coefficient (Wildman–Crippen LogP) is -1.14. The second-order valence-corrected chi connectivity index (χ2v) is 4.33. The van der Waals surface area contributed by atoms with E-state index in [1.54, 1.807) is 0 Å². The summed E-state index contributed by atoms with van der Waals surface area (Å²) in [5, 5.41) is 22.1. The van der Waals surface area contributed by atoms with E-state index in [4.69, 9.17) is 15.4 Å². The van der Waals surface area contributed by atoms with Gasteiger partial charge in [0.15, 0.2) is 0 Å². The topological polar surface area (TPSA) is 153 Å². The van der Waals surface area contributed by atoms with Crippen LogP contribution in [0.25, 0.3) is 10.4 Å². The van der Waals surface area contributed by atoms with Gasteiger partial charge >= 0.3 is 5.69 Å². The number of rotatable bonds is 4. The maximum atomic E-state index is 11.6. The number of aliphatic hydroxyl groups is 2. The Balaban J connectivity index is 2.29. The van der Waals surface area contributed by atoms with Gasteiger partial charge in [-0.25, -0.2) is 4.79 Å². The van der Waals surface area contributed by atoms with Gasteiger partial charge in [0.1, 0.15) is 12.3 Å². The van der Waals surface area contributed by atoms with Crippen LogP contribution in [0.5, 0.6) is 0 Å². The zero-order valence-electron chi connectivity index (χ0n) is 10.3. The number of azide groups is 1. The van der Waals surface area contributed by atoms with Gasteiger partial charge in [-0.05, 0) is 5.53 Å². The summed E-state index contributed by atoms with van der Waals surface area (Å²) in [4.78, 5) is 27.4. The second-order valence-electron chi connectivity index (χ2n) is 4.33. The van der Waals surface area contributed by atoms with Crippen molar-refractivity contribution in [3.05, 3.63) is 43.5 Å². The molecule has 1 fully saturated rings. The smallest absolute Gasteiger partial charge is 0.330 e. The van der Waals surface area contributed by atoms with Crippen molar-refractivity contribution in [1.29, 1.82) is 0 Å². The van der Waals surface area contributed by atoms with Crippen LogP contribution in [0.3, 0.4) is 0 Å². The van der Waals surface area contributed by atoms with Crippen molar-refractivity contribution >= 4 is 0 Å². The first-order valence-corrected chi connectivity index (χ1v) is 5.87. The highest BCUT2D eigenvalue weighted by Crippen LogP contribution is 2.31. The molecule has 1 aromatic heterocycles. The minimum atomic E-state index is -1.23. The molecule has 1 aliphatic rings. The Morgan fingerprint density at radius 1 is 1.65 bits per heavy atom. The van der Waals surface area contributed by atoms with Crippen LogP contribution in [0.15, 0.2) is 27.0 Å². The van der Waals surface area contributed by atoms with Crippen molar-refractivity contribution in [3.63, 3.8) is 0 Å². The normalized spacial score (nSPS) is 27.0. The second kappa shape index (κ2) is 5.88. The summed E-state index contributed by atoms with van der Waals surface area (Å²) in [6, 6.07) is 0.439. The Kier molecular flexibility index (Phi) is 4.20. The van der Waals surface area contributed by atoms with Crippen molar-refractivity contribution in [2.45, 2.75) is 30.9 Å². The van der Waals surface area contributed by atoms with Crippen LogP contribution in [0.2, 0.25) is 0 Å². The molecule has 108 valence electrons. The lowest BCUT2D eigenvalue weighted by Crippen LogP contribution is -2.36. The molecule has 10 nitrogen and oxygen atoms in total. The fraction of sp³-hybridized carbons (Fsp3) is 0.600. The number of aliphatic hydroxyl groups excluding tert-OH is 2. The van der Waals surface area contributed by atoms with Crippen LogP contribution in [0.4, 0.5) is 0 Å². The van der Waals surface area contributed by atoms with Gasteiger partial charge in [0.25, 0.3) is 5.56 Å². The number of hydrogen-bond donors (Lipinski definition) is 3. The number of aromatic nitrogens is 2. The lowest BCUT2D eigenvalue weighted by molar-refractivity contribution is -0.0780. The highest BCUT2D eigenvalue weighted by molar-refractivity contribution is 4.93. The van der Waals surface area contributed by atoms with E-state index in [1.165, 1.54) is 6.20 Å². The first-order chi connectivity index (χ1) is 9.56. The summed E-state index contributed by atoms with van der Waals surface area (Å²) in [5.74, 6) is 0. The Morgan fingerprint density at radius 3 is 3.00 bits per heavy atom. The van der Waals surface area contributed by atoms with Gasteiger partial charge in [0, 0.05) is 23.6 Å². The number of aromatic amines is 1. The van der Waals surface area contributed by atoms with Crippen molar-refractivity contribution in [1.82, 2.24) is 9.55 Å². The fourth-order valence-electron chi connectivity index (χ4n) is 2.13. The summed E-state index contributed by atoms with van der Waals surface area (Å²) in [6.07, 6.45) is -1.53. The molecule has 20 heavy (non-hydrogen) atoms. The van der Waals surface area contributed by atoms with Crippen LogP contribution >= 0.6 is 0 Å². The molecule has 0 radical (unpaired) electrons. The lowest BCUT2D eigenvalue weighted by atomic mass is 10.1. The van der Waals surface area contributed by atoms with Crippen LogP contribution in [-0.2, 0) is 4.74 Å². The van der Waals surface area contributed by atoms with E-state index in [0.717, 1.165) is 10.6 Å². The van der Waals surface area contributed by atoms with Gasteiger partial charge in [-0.2, -0.15) is 0 Å². The SMILES string of the molecule is [N-]=[N+]=N[C@H]1C[C@H](n2ccc(=O)[nH]c2=O)OC1[C@@H](O)CO. The van der Waals surface area contributed by atoms with E-state index >= 15 is 0 Å². The van der Waals surface area contributed by atoms with Crippen LogP contribution in [0.1, 0.15) is 12.6 Å². The van der Waals surface area contributed by atoms with Crippen molar-refractivity contribution in [3.8, 4) is 0 Å². The minimum absolute atomic E-state index is 0.151. The van der Waals surface area contributed by atoms with Gasteiger partial charge in [-0.3, -0.25) is 14.3 Å². The maximum absolute atomic E-state index is 11.6. The summed E-state index contributed by atoms with van der Waals surface area (Å²) >= 11 is 0. The van der Waals surface area contributed by atoms with E-state index in [1.807, 2.05) is 0 Å². The molecule has 0 aliphatic carbocycles. The molecule has 0 spiro atoms. The molecule has 2 rings (SSSR count). The molecule has 4 atom stereocenters. The van der Waals surface area contributed by atoms with Gasteiger partial charge in [-0.15, -0.1) is 0 Å². The first-order valence-electron chi connectivity index (χ1n) is 5.87. The first kappa shape index (κ1) is 14.3. The number of hydrogen-bond acceptors (Lipinski definition) is 6. The van der Waals surface area contributed by atoms with Crippen LogP contribution in [0, 0.1) is 0 Å². The molecule has 1 aromatic rings. The molecule has 0 amide bonds. The molecule has 0 bridgehead atoms. The van der Waals surface area contributed by atoms with Crippen molar-refractivity contribution < 1.29 is 14.9 Å². The molecular weight excluding hydrogens is 270 g/mol. The molecule has 0 aromatic carbocycles. The molecule has 10 heteroatoms. The van der Waals surface area contributed by atoms with Gasteiger partial charge in [0.05, 0.1) is 18.8 Å². The zero-order chi connectivity index (χ0) is 14.7. The van der Waals surface area contributed by atoms with Gasteiger partial charge in [0.2, 0.25) is 0 Å². The monoisotopic (exact) mass is 283 g/mol. The quantitative estimate of drug-likeness (QED) is 0.362. The average molecular weight is 283 g/mol. The summed E-state index contributed by atoms with van der Waals surface area (Å²) < 4.78 is 6.58. The molecule has 1 unspecified atom stereocenters. The van der Waals surface area contributed by atoms with E-state index in [9.17, 15) is 14.7 Å². The van der Waals surface area contributed by atoms with E-state index in [2.05, 4.69) is 15.0 Å². The number of nitrogens with zero attached hydrogens (tertiary/aromatic N) is 4. The van der Waals surface area contributed by atoms with E-state index in [0.29, 0.717) is 0 Å². The third-order valence-electron chi connectivity index (χ3n) is 3.06. The summed E-state index contributed by atoms with van der Waals surface area (Å²) in [7, 11) is 0. The molecule has 1 aliphatic heterocycles. The highest BCUT2D eigenvalue weighted by Gasteiger charge is 2.40. The molecule has 2 heterocycles. The average Bonchev–Trinajstić information content (AvgIpc) is 2.82. The fourth-order valence-corrected chi connectivity index (χ4v) is 2.13. The Labute approximate surface area is 111 Å². The highest BCUT2D eigenvalue weighted by atomic mass is 16.5. The number of nitrogens with one attached hydrogen (secondary N) is 1. The standard InChI is InChI=1S/C10H13N5O5/c11-14-13-5-3-8(20-9(5)6(17)4-16)15-2-1-7(18)12-10(15)19/h1-2,5-6,8-9,16-17H,3-4H2,(H,12,18,19)/t5-,6-,8+,9?/m0/s1. The summed E-state index contributed by atoms with van der Waals surface area (Å²) in [5.41, 5.74) is 7.28.